The molecule has 0 bridgehead atoms. The van der Waals surface area contributed by atoms with E-state index in [1.807, 2.05) is 18.2 Å². The Bertz CT molecular complexity index is 274. The lowest BCUT2D eigenvalue weighted by molar-refractivity contribution is 0.201. The van der Waals surface area contributed by atoms with Crippen molar-refractivity contribution in [1.82, 2.24) is 0 Å². The second-order valence-electron chi connectivity index (χ2n) is 2.69. The Hall–Kier alpha value is -0.730. The molecule has 0 aliphatic rings. The van der Waals surface area contributed by atoms with Crippen molar-refractivity contribution >= 4 is 11.6 Å². The Morgan fingerprint density at radius 2 is 2.23 bits per heavy atom. The molecule has 3 heteroatoms. The first-order valence-corrected chi connectivity index (χ1v) is 4.67. The zero-order chi connectivity index (χ0) is 9.68. The van der Waals surface area contributed by atoms with Gasteiger partial charge in [-0.15, -0.1) is 0 Å². The summed E-state index contributed by atoms with van der Waals surface area (Å²) in [7, 11) is 0. The van der Waals surface area contributed by atoms with Crippen LogP contribution in [0.4, 0.5) is 0 Å². The summed E-state index contributed by atoms with van der Waals surface area (Å²) in [6, 6.07) is 5.68. The van der Waals surface area contributed by atoms with E-state index in [0.717, 1.165) is 6.42 Å². The summed E-state index contributed by atoms with van der Waals surface area (Å²) in [6.45, 7) is 2.36. The Labute approximate surface area is 83.1 Å². The molecule has 0 unspecified atom stereocenters. The SMILES string of the molecule is CCc1ccc(OCCO)c(Cl)c1. The average Bonchev–Trinajstić information content (AvgIpc) is 2.16. The van der Waals surface area contributed by atoms with E-state index in [9.17, 15) is 0 Å². The molecule has 1 aromatic rings. The number of hydrogen-bond donors (Lipinski definition) is 1. The molecule has 0 saturated carbocycles. The van der Waals surface area contributed by atoms with Crippen molar-refractivity contribution in [1.29, 1.82) is 0 Å². The van der Waals surface area contributed by atoms with Gasteiger partial charge in [0.15, 0.2) is 0 Å². The lowest BCUT2D eigenvalue weighted by Crippen LogP contribution is -2.02. The zero-order valence-corrected chi connectivity index (χ0v) is 8.34. The van der Waals surface area contributed by atoms with Crippen LogP contribution in [-0.4, -0.2) is 18.3 Å². The molecule has 0 fully saturated rings. The van der Waals surface area contributed by atoms with Crippen molar-refractivity contribution in [3.05, 3.63) is 28.8 Å². The molecule has 1 rings (SSSR count). The lowest BCUT2D eigenvalue weighted by atomic mass is 10.2. The van der Waals surface area contributed by atoms with E-state index in [1.54, 1.807) is 0 Å². The average molecular weight is 201 g/mol. The molecule has 2 nitrogen and oxygen atoms in total. The third-order valence-corrected chi connectivity index (χ3v) is 2.05. The van der Waals surface area contributed by atoms with Gasteiger partial charge >= 0.3 is 0 Å². The first kappa shape index (κ1) is 10.4. The lowest BCUT2D eigenvalue weighted by Gasteiger charge is -2.07. The van der Waals surface area contributed by atoms with Crippen LogP contribution in [0.3, 0.4) is 0 Å². The fourth-order valence-corrected chi connectivity index (χ4v) is 1.29. The van der Waals surface area contributed by atoms with Crippen molar-refractivity contribution < 1.29 is 9.84 Å². The number of ether oxygens (including phenoxy) is 1. The molecule has 0 amide bonds. The largest absolute Gasteiger partial charge is 0.490 e. The first-order chi connectivity index (χ1) is 6.27. The summed E-state index contributed by atoms with van der Waals surface area (Å²) in [4.78, 5) is 0. The van der Waals surface area contributed by atoms with Crippen LogP contribution in [0, 0.1) is 0 Å². The van der Waals surface area contributed by atoms with E-state index >= 15 is 0 Å². The van der Waals surface area contributed by atoms with Crippen molar-refractivity contribution in [2.75, 3.05) is 13.2 Å². The third-order valence-electron chi connectivity index (χ3n) is 1.75. The molecule has 1 aromatic carbocycles. The van der Waals surface area contributed by atoms with Gasteiger partial charge in [0.25, 0.3) is 0 Å². The first-order valence-electron chi connectivity index (χ1n) is 4.30. The van der Waals surface area contributed by atoms with Crippen LogP contribution < -0.4 is 4.74 Å². The maximum absolute atomic E-state index is 8.55. The summed E-state index contributed by atoms with van der Waals surface area (Å²) >= 11 is 5.94. The van der Waals surface area contributed by atoms with Crippen molar-refractivity contribution in [2.24, 2.45) is 0 Å². The standard InChI is InChI=1S/C10H13ClO2/c1-2-8-3-4-10(9(11)7-8)13-6-5-12/h3-4,7,12H,2,5-6H2,1H3. The minimum absolute atomic E-state index is 0.00581. The maximum Gasteiger partial charge on any atom is 0.138 e. The molecular formula is C10H13ClO2. The highest BCUT2D eigenvalue weighted by atomic mass is 35.5. The fourth-order valence-electron chi connectivity index (χ4n) is 1.04. The molecule has 0 aliphatic carbocycles. The number of aliphatic hydroxyl groups is 1. The highest BCUT2D eigenvalue weighted by Gasteiger charge is 2.01. The number of aryl methyl sites for hydroxylation is 1. The quantitative estimate of drug-likeness (QED) is 0.808. The van der Waals surface area contributed by atoms with Gasteiger partial charge in [-0.05, 0) is 24.1 Å². The smallest absolute Gasteiger partial charge is 0.138 e. The Kier molecular flexibility index (Phi) is 4.06. The molecule has 0 spiro atoms. The van der Waals surface area contributed by atoms with Gasteiger partial charge in [0.05, 0.1) is 11.6 Å². The molecule has 0 saturated heterocycles. The zero-order valence-electron chi connectivity index (χ0n) is 7.59. The third kappa shape index (κ3) is 2.90. The van der Waals surface area contributed by atoms with Gasteiger partial charge < -0.3 is 9.84 Å². The number of rotatable bonds is 4. The van der Waals surface area contributed by atoms with Crippen molar-refractivity contribution in [3.8, 4) is 5.75 Å². The van der Waals surface area contributed by atoms with Gasteiger partial charge in [-0.2, -0.15) is 0 Å². The van der Waals surface area contributed by atoms with Gasteiger partial charge in [-0.3, -0.25) is 0 Å². The summed E-state index contributed by atoms with van der Waals surface area (Å²) < 4.78 is 5.20. The molecule has 13 heavy (non-hydrogen) atoms. The Morgan fingerprint density at radius 1 is 1.46 bits per heavy atom. The van der Waals surface area contributed by atoms with Crippen LogP contribution in [-0.2, 0) is 6.42 Å². The van der Waals surface area contributed by atoms with Crippen LogP contribution in [0.2, 0.25) is 5.02 Å². The normalized spacial score (nSPS) is 10.1. The number of hydrogen-bond acceptors (Lipinski definition) is 2. The van der Waals surface area contributed by atoms with Crippen LogP contribution in [0.25, 0.3) is 0 Å². The predicted molar refractivity (Wildman–Crippen MR) is 53.4 cm³/mol. The van der Waals surface area contributed by atoms with Gasteiger partial charge in [-0.25, -0.2) is 0 Å². The molecule has 0 aromatic heterocycles. The van der Waals surface area contributed by atoms with Gasteiger partial charge in [-0.1, -0.05) is 24.6 Å². The van der Waals surface area contributed by atoms with Crippen LogP contribution in [0.5, 0.6) is 5.75 Å². The summed E-state index contributed by atoms with van der Waals surface area (Å²) in [5.41, 5.74) is 1.18. The van der Waals surface area contributed by atoms with E-state index < -0.39 is 0 Å². The Balaban J connectivity index is 2.73. The van der Waals surface area contributed by atoms with Crippen LogP contribution in [0.15, 0.2) is 18.2 Å². The van der Waals surface area contributed by atoms with E-state index in [0.29, 0.717) is 10.8 Å². The van der Waals surface area contributed by atoms with E-state index in [-0.39, 0.29) is 13.2 Å². The summed E-state index contributed by atoms with van der Waals surface area (Å²) in [6.07, 6.45) is 0.958. The number of benzene rings is 1. The predicted octanol–water partition coefficient (Wildman–Crippen LogP) is 2.27. The van der Waals surface area contributed by atoms with Gasteiger partial charge in [0, 0.05) is 0 Å². The summed E-state index contributed by atoms with van der Waals surface area (Å²) in [5.74, 6) is 0.632. The molecule has 0 radical (unpaired) electrons. The number of halogens is 1. The second-order valence-corrected chi connectivity index (χ2v) is 3.10. The maximum atomic E-state index is 8.55. The van der Waals surface area contributed by atoms with Crippen molar-refractivity contribution in [3.63, 3.8) is 0 Å². The highest BCUT2D eigenvalue weighted by molar-refractivity contribution is 6.32. The molecule has 0 atom stereocenters. The van der Waals surface area contributed by atoms with E-state index in [2.05, 4.69) is 6.92 Å². The summed E-state index contributed by atoms with van der Waals surface area (Å²) in [5, 5.41) is 9.16. The highest BCUT2D eigenvalue weighted by Crippen LogP contribution is 2.25. The number of aliphatic hydroxyl groups excluding tert-OH is 1. The van der Waals surface area contributed by atoms with Gasteiger partial charge in [0.2, 0.25) is 0 Å². The monoisotopic (exact) mass is 200 g/mol. The minimum Gasteiger partial charge on any atom is -0.490 e. The van der Waals surface area contributed by atoms with E-state index in [1.165, 1.54) is 5.56 Å². The second kappa shape index (κ2) is 5.10. The molecular weight excluding hydrogens is 188 g/mol. The molecule has 72 valence electrons. The van der Waals surface area contributed by atoms with Crippen LogP contribution >= 0.6 is 11.6 Å². The molecule has 0 aliphatic heterocycles. The van der Waals surface area contributed by atoms with Crippen LogP contribution in [0.1, 0.15) is 12.5 Å². The molecule has 1 N–H and O–H groups in total. The fraction of sp³-hybridized carbons (Fsp3) is 0.400. The molecule has 0 heterocycles. The van der Waals surface area contributed by atoms with Gasteiger partial charge in [0.1, 0.15) is 12.4 Å². The van der Waals surface area contributed by atoms with E-state index in [4.69, 9.17) is 21.4 Å². The van der Waals surface area contributed by atoms with Crippen molar-refractivity contribution in [2.45, 2.75) is 13.3 Å². The Morgan fingerprint density at radius 3 is 2.77 bits per heavy atom. The minimum atomic E-state index is 0.00581. The topological polar surface area (TPSA) is 29.5 Å².